The average molecular weight is 278 g/mol. The minimum atomic E-state index is -0.706. The molecule has 0 atom stereocenters. The molecule has 0 radical (unpaired) electrons. The zero-order valence-electron chi connectivity index (χ0n) is 11.1. The molecule has 1 aromatic carbocycles. The summed E-state index contributed by atoms with van der Waals surface area (Å²) in [5.41, 5.74) is -0.0642. The van der Waals surface area contributed by atoms with Gasteiger partial charge in [0, 0.05) is 19.6 Å². The van der Waals surface area contributed by atoms with E-state index in [9.17, 15) is 18.8 Å². The number of hydrogen-bond acceptors (Lipinski definition) is 3. The minimum absolute atomic E-state index is 0.0642. The predicted octanol–water partition coefficient (Wildman–Crippen LogP) is 0.699. The first-order valence-electron chi connectivity index (χ1n) is 6.40. The van der Waals surface area contributed by atoms with Gasteiger partial charge in [-0.15, -0.1) is 0 Å². The van der Waals surface area contributed by atoms with E-state index in [-0.39, 0.29) is 12.1 Å². The van der Waals surface area contributed by atoms with Crippen molar-refractivity contribution < 1.29 is 18.8 Å². The standard InChI is InChI=1S/C14H15FN2O3/c1-2-16-7-8-17(14(20)13(16)19)9-12(18)10-5-3-4-6-11(10)15/h3-6H,2,7-9H2,1H3. The maximum Gasteiger partial charge on any atom is 0.312 e. The molecule has 2 amide bonds. The molecule has 1 aromatic rings. The van der Waals surface area contributed by atoms with Crippen molar-refractivity contribution in [3.63, 3.8) is 0 Å². The number of carbonyl (C=O) groups is 3. The van der Waals surface area contributed by atoms with Crippen LogP contribution >= 0.6 is 0 Å². The molecule has 1 heterocycles. The maximum absolute atomic E-state index is 13.5. The topological polar surface area (TPSA) is 57.7 Å². The van der Waals surface area contributed by atoms with E-state index >= 15 is 0 Å². The molecule has 1 aliphatic heterocycles. The Hall–Kier alpha value is -2.24. The number of ketones is 1. The van der Waals surface area contributed by atoms with E-state index in [0.717, 1.165) is 0 Å². The second-order valence-corrected chi connectivity index (χ2v) is 4.51. The van der Waals surface area contributed by atoms with Crippen molar-refractivity contribution >= 4 is 17.6 Å². The third-order valence-electron chi connectivity index (χ3n) is 3.29. The normalized spacial score (nSPS) is 15.7. The number of Topliss-reactive ketones (excluding diaryl/α,β-unsaturated/α-hetero) is 1. The van der Waals surface area contributed by atoms with E-state index in [1.807, 2.05) is 0 Å². The summed E-state index contributed by atoms with van der Waals surface area (Å²) in [5.74, 6) is -2.44. The van der Waals surface area contributed by atoms with Gasteiger partial charge in [-0.05, 0) is 19.1 Å². The first-order chi connectivity index (χ1) is 9.54. The van der Waals surface area contributed by atoms with Crippen LogP contribution in [-0.2, 0) is 9.59 Å². The Bertz CT molecular complexity index is 559. The molecule has 0 N–H and O–H groups in total. The number of amides is 2. The largest absolute Gasteiger partial charge is 0.333 e. The molecule has 0 saturated carbocycles. The van der Waals surface area contributed by atoms with Crippen LogP contribution in [0.1, 0.15) is 17.3 Å². The Labute approximate surface area is 116 Å². The van der Waals surface area contributed by atoms with Gasteiger partial charge in [0.2, 0.25) is 0 Å². The lowest BCUT2D eigenvalue weighted by Crippen LogP contribution is -2.55. The van der Waals surface area contributed by atoms with Crippen LogP contribution in [0.5, 0.6) is 0 Å². The molecule has 106 valence electrons. The Kier molecular flexibility index (Phi) is 4.12. The highest BCUT2D eigenvalue weighted by Crippen LogP contribution is 2.10. The molecule has 0 unspecified atom stereocenters. The van der Waals surface area contributed by atoms with E-state index in [0.29, 0.717) is 19.6 Å². The molecule has 0 aliphatic carbocycles. The van der Waals surface area contributed by atoms with Gasteiger partial charge in [-0.3, -0.25) is 14.4 Å². The van der Waals surface area contributed by atoms with Crippen LogP contribution in [0.3, 0.4) is 0 Å². The van der Waals surface area contributed by atoms with Crippen LogP contribution in [0.2, 0.25) is 0 Å². The van der Waals surface area contributed by atoms with Crippen molar-refractivity contribution in [2.45, 2.75) is 6.92 Å². The second-order valence-electron chi connectivity index (χ2n) is 4.51. The van der Waals surface area contributed by atoms with E-state index < -0.39 is 23.4 Å². The summed E-state index contributed by atoms with van der Waals surface area (Å²) >= 11 is 0. The quantitative estimate of drug-likeness (QED) is 0.602. The highest BCUT2D eigenvalue weighted by Gasteiger charge is 2.32. The lowest BCUT2D eigenvalue weighted by atomic mass is 10.1. The summed E-state index contributed by atoms with van der Waals surface area (Å²) in [4.78, 5) is 38.1. The van der Waals surface area contributed by atoms with Crippen molar-refractivity contribution in [2.24, 2.45) is 0 Å². The monoisotopic (exact) mass is 278 g/mol. The highest BCUT2D eigenvalue weighted by atomic mass is 19.1. The fourth-order valence-electron chi connectivity index (χ4n) is 2.11. The van der Waals surface area contributed by atoms with Gasteiger partial charge in [-0.25, -0.2) is 4.39 Å². The number of carbonyl (C=O) groups excluding carboxylic acids is 3. The van der Waals surface area contributed by atoms with Gasteiger partial charge in [0.15, 0.2) is 5.78 Å². The molecule has 20 heavy (non-hydrogen) atoms. The fraction of sp³-hybridized carbons (Fsp3) is 0.357. The SMILES string of the molecule is CCN1CCN(CC(=O)c2ccccc2F)C(=O)C1=O. The zero-order valence-corrected chi connectivity index (χ0v) is 11.1. The van der Waals surface area contributed by atoms with E-state index in [4.69, 9.17) is 0 Å². The number of benzene rings is 1. The van der Waals surface area contributed by atoms with Gasteiger partial charge in [0.05, 0.1) is 12.1 Å². The Morgan fingerprint density at radius 2 is 1.75 bits per heavy atom. The van der Waals surface area contributed by atoms with Gasteiger partial charge in [0.25, 0.3) is 0 Å². The molecular formula is C14H15FN2O3. The molecule has 0 spiro atoms. The summed E-state index contributed by atoms with van der Waals surface area (Å²) in [5, 5.41) is 0. The van der Waals surface area contributed by atoms with Crippen LogP contribution in [0, 0.1) is 5.82 Å². The van der Waals surface area contributed by atoms with Gasteiger partial charge in [0.1, 0.15) is 5.82 Å². The third kappa shape index (κ3) is 2.68. The van der Waals surface area contributed by atoms with Gasteiger partial charge >= 0.3 is 11.8 Å². The number of nitrogens with zero attached hydrogens (tertiary/aromatic N) is 2. The zero-order chi connectivity index (χ0) is 14.7. The Morgan fingerprint density at radius 3 is 2.40 bits per heavy atom. The van der Waals surface area contributed by atoms with Crippen molar-refractivity contribution in [1.82, 2.24) is 9.80 Å². The van der Waals surface area contributed by atoms with Gasteiger partial charge < -0.3 is 9.80 Å². The van der Waals surface area contributed by atoms with Gasteiger partial charge in [-0.2, -0.15) is 0 Å². The molecule has 0 bridgehead atoms. The van der Waals surface area contributed by atoms with Crippen molar-refractivity contribution in [2.75, 3.05) is 26.2 Å². The minimum Gasteiger partial charge on any atom is -0.333 e. The number of hydrogen-bond donors (Lipinski definition) is 0. The summed E-state index contributed by atoms with van der Waals surface area (Å²) < 4.78 is 13.5. The van der Waals surface area contributed by atoms with Crippen LogP contribution in [0.25, 0.3) is 0 Å². The third-order valence-corrected chi connectivity index (χ3v) is 3.29. The number of rotatable bonds is 4. The predicted molar refractivity (Wildman–Crippen MR) is 69.6 cm³/mol. The van der Waals surface area contributed by atoms with Crippen LogP contribution in [-0.4, -0.2) is 53.6 Å². The van der Waals surface area contributed by atoms with E-state index in [1.54, 1.807) is 13.0 Å². The summed E-state index contributed by atoms with van der Waals surface area (Å²) in [7, 11) is 0. The molecule has 6 heteroatoms. The number of halogens is 1. The van der Waals surface area contributed by atoms with Crippen LogP contribution < -0.4 is 0 Å². The highest BCUT2D eigenvalue weighted by molar-refractivity contribution is 6.35. The average Bonchev–Trinajstić information content (AvgIpc) is 2.44. The molecule has 1 aliphatic rings. The number of piperazine rings is 1. The Morgan fingerprint density at radius 1 is 1.15 bits per heavy atom. The molecular weight excluding hydrogens is 263 g/mol. The molecule has 0 aromatic heterocycles. The smallest absolute Gasteiger partial charge is 0.312 e. The van der Waals surface area contributed by atoms with E-state index in [1.165, 1.54) is 28.0 Å². The molecule has 1 saturated heterocycles. The number of likely N-dealkylation sites (N-methyl/N-ethyl adjacent to an activating group) is 1. The van der Waals surface area contributed by atoms with E-state index in [2.05, 4.69) is 0 Å². The van der Waals surface area contributed by atoms with Crippen molar-refractivity contribution in [3.05, 3.63) is 35.6 Å². The second kappa shape index (κ2) is 5.81. The first-order valence-corrected chi connectivity index (χ1v) is 6.40. The molecule has 5 nitrogen and oxygen atoms in total. The first kappa shape index (κ1) is 14.2. The van der Waals surface area contributed by atoms with Crippen molar-refractivity contribution in [1.29, 1.82) is 0 Å². The summed E-state index contributed by atoms with van der Waals surface area (Å²) in [6, 6.07) is 5.60. The Balaban J connectivity index is 2.08. The summed E-state index contributed by atoms with van der Waals surface area (Å²) in [6.07, 6.45) is 0. The lowest BCUT2D eigenvalue weighted by Gasteiger charge is -2.32. The summed E-state index contributed by atoms with van der Waals surface area (Å²) in [6.45, 7) is 2.65. The van der Waals surface area contributed by atoms with Crippen molar-refractivity contribution in [3.8, 4) is 0 Å². The molecule has 2 rings (SSSR count). The van der Waals surface area contributed by atoms with Gasteiger partial charge in [-0.1, -0.05) is 12.1 Å². The molecule has 1 fully saturated rings. The van der Waals surface area contributed by atoms with Crippen LogP contribution in [0.4, 0.5) is 4.39 Å². The maximum atomic E-state index is 13.5. The van der Waals surface area contributed by atoms with Crippen LogP contribution in [0.15, 0.2) is 24.3 Å². The fourth-order valence-corrected chi connectivity index (χ4v) is 2.11. The lowest BCUT2D eigenvalue weighted by molar-refractivity contribution is -0.155.